The summed E-state index contributed by atoms with van der Waals surface area (Å²) in [4.78, 5) is 11.2. The minimum Gasteiger partial charge on any atom is -0.433 e. The number of ether oxygens (including phenoxy) is 1. The van der Waals surface area contributed by atoms with E-state index in [-0.39, 0.29) is 17.0 Å². The molecule has 15 heavy (non-hydrogen) atoms. The first kappa shape index (κ1) is 11.2. The van der Waals surface area contributed by atoms with Gasteiger partial charge in [0.25, 0.3) is 5.91 Å². The van der Waals surface area contributed by atoms with Crippen LogP contribution in [0.3, 0.4) is 0 Å². The van der Waals surface area contributed by atoms with Gasteiger partial charge in [-0.05, 0) is 18.2 Å². The van der Waals surface area contributed by atoms with Crippen LogP contribution >= 0.6 is 0 Å². The number of carbonyl (C=O) groups is 1. The summed E-state index contributed by atoms with van der Waals surface area (Å²) in [6.45, 7) is -2.97. The number of halogens is 2. The summed E-state index contributed by atoms with van der Waals surface area (Å²) in [6.07, 6.45) is 0. The highest BCUT2D eigenvalue weighted by Crippen LogP contribution is 2.24. The first-order valence-corrected chi connectivity index (χ1v) is 4.11. The van der Waals surface area contributed by atoms with Crippen LogP contribution in [0.1, 0.15) is 10.4 Å². The Hall–Kier alpha value is -1.85. The quantitative estimate of drug-likeness (QED) is 0.747. The van der Waals surface area contributed by atoms with Gasteiger partial charge in [-0.1, -0.05) is 0 Å². The summed E-state index contributed by atoms with van der Waals surface area (Å²) >= 11 is 0. The minimum absolute atomic E-state index is 0.0583. The van der Waals surface area contributed by atoms with Gasteiger partial charge in [0.2, 0.25) is 0 Å². The molecule has 0 spiro atoms. The van der Waals surface area contributed by atoms with E-state index in [0.717, 1.165) is 0 Å². The van der Waals surface area contributed by atoms with E-state index in [9.17, 15) is 13.6 Å². The maximum atomic E-state index is 11.9. The predicted octanol–water partition coefficient (Wildman–Crippen LogP) is 1.23. The number of amides is 1. The lowest BCUT2D eigenvalue weighted by Gasteiger charge is -2.08. The van der Waals surface area contributed by atoms with Crippen molar-refractivity contribution in [2.24, 2.45) is 0 Å². The van der Waals surface area contributed by atoms with E-state index in [2.05, 4.69) is 10.1 Å². The Labute approximate surface area is 85.0 Å². The van der Waals surface area contributed by atoms with Gasteiger partial charge in [-0.2, -0.15) is 8.78 Å². The highest BCUT2D eigenvalue weighted by Gasteiger charge is 2.11. The average Bonchev–Trinajstić information content (AvgIpc) is 2.19. The molecule has 0 atom stereocenters. The second-order valence-corrected chi connectivity index (χ2v) is 2.71. The van der Waals surface area contributed by atoms with E-state index in [1.54, 1.807) is 0 Å². The number of hydrogen-bond donors (Lipinski definition) is 2. The highest BCUT2D eigenvalue weighted by molar-refractivity contribution is 5.95. The van der Waals surface area contributed by atoms with Crippen molar-refractivity contribution >= 4 is 11.6 Å². The Kier molecular flexibility index (Phi) is 3.43. The summed E-state index contributed by atoms with van der Waals surface area (Å²) in [5.41, 5.74) is 5.66. The summed E-state index contributed by atoms with van der Waals surface area (Å²) in [7, 11) is 1.44. The summed E-state index contributed by atoms with van der Waals surface area (Å²) < 4.78 is 28.0. The Bertz CT molecular complexity index is 369. The molecule has 1 aromatic rings. The molecule has 0 saturated heterocycles. The molecule has 0 fully saturated rings. The molecule has 0 saturated carbocycles. The standard InChI is InChI=1S/C9H10F2N2O2/c1-13-8(14)5-2-3-6(12)7(4-5)15-9(10)11/h2-4,9H,12H2,1H3,(H,13,14). The molecule has 0 aromatic heterocycles. The fourth-order valence-corrected chi connectivity index (χ4v) is 1.02. The molecule has 0 aliphatic carbocycles. The van der Waals surface area contributed by atoms with Crippen molar-refractivity contribution in [2.75, 3.05) is 12.8 Å². The van der Waals surface area contributed by atoms with Gasteiger partial charge in [-0.3, -0.25) is 4.79 Å². The lowest BCUT2D eigenvalue weighted by Crippen LogP contribution is -2.18. The largest absolute Gasteiger partial charge is 0.433 e. The number of hydrogen-bond acceptors (Lipinski definition) is 3. The molecule has 0 aliphatic heterocycles. The summed E-state index contributed by atoms with van der Waals surface area (Å²) in [5.74, 6) is -0.597. The van der Waals surface area contributed by atoms with Crippen molar-refractivity contribution in [3.63, 3.8) is 0 Å². The van der Waals surface area contributed by atoms with Crippen LogP contribution in [-0.2, 0) is 0 Å². The monoisotopic (exact) mass is 216 g/mol. The fourth-order valence-electron chi connectivity index (χ4n) is 1.02. The first-order valence-electron chi connectivity index (χ1n) is 4.11. The molecular weight excluding hydrogens is 206 g/mol. The Morgan fingerprint density at radius 1 is 1.53 bits per heavy atom. The normalized spacial score (nSPS) is 10.1. The van der Waals surface area contributed by atoms with Gasteiger partial charge < -0.3 is 15.8 Å². The minimum atomic E-state index is -2.97. The number of rotatable bonds is 3. The predicted molar refractivity (Wildman–Crippen MR) is 50.9 cm³/mol. The van der Waals surface area contributed by atoms with Crippen LogP contribution in [-0.4, -0.2) is 19.6 Å². The molecule has 0 radical (unpaired) electrons. The molecule has 0 heterocycles. The molecule has 1 rings (SSSR count). The number of nitrogen functional groups attached to an aromatic ring is 1. The fraction of sp³-hybridized carbons (Fsp3) is 0.222. The molecule has 4 nitrogen and oxygen atoms in total. The lowest BCUT2D eigenvalue weighted by molar-refractivity contribution is -0.0493. The summed E-state index contributed by atoms with van der Waals surface area (Å²) in [6, 6.07) is 3.93. The maximum absolute atomic E-state index is 11.9. The van der Waals surface area contributed by atoms with Gasteiger partial charge >= 0.3 is 6.61 Å². The topological polar surface area (TPSA) is 64.4 Å². The van der Waals surface area contributed by atoms with Crippen LogP contribution in [0.2, 0.25) is 0 Å². The third-order valence-corrected chi connectivity index (χ3v) is 1.72. The number of carbonyl (C=O) groups excluding carboxylic acids is 1. The van der Waals surface area contributed by atoms with Gasteiger partial charge in [0.15, 0.2) is 0 Å². The van der Waals surface area contributed by atoms with E-state index < -0.39 is 12.5 Å². The zero-order chi connectivity index (χ0) is 11.4. The van der Waals surface area contributed by atoms with Crippen LogP contribution in [0.5, 0.6) is 5.75 Å². The Morgan fingerprint density at radius 2 is 2.20 bits per heavy atom. The van der Waals surface area contributed by atoms with Crippen LogP contribution < -0.4 is 15.8 Å². The van der Waals surface area contributed by atoms with Crippen LogP contribution in [0.4, 0.5) is 14.5 Å². The van der Waals surface area contributed by atoms with E-state index in [1.807, 2.05) is 0 Å². The molecule has 0 bridgehead atoms. The second kappa shape index (κ2) is 4.59. The van der Waals surface area contributed by atoms with Gasteiger partial charge in [0.1, 0.15) is 5.75 Å². The van der Waals surface area contributed by atoms with Crippen molar-refractivity contribution in [3.05, 3.63) is 23.8 Å². The number of nitrogens with one attached hydrogen (secondary N) is 1. The van der Waals surface area contributed by atoms with Crippen molar-refractivity contribution < 1.29 is 18.3 Å². The van der Waals surface area contributed by atoms with Crippen molar-refractivity contribution in [1.29, 1.82) is 0 Å². The van der Waals surface area contributed by atoms with Crippen LogP contribution in [0, 0.1) is 0 Å². The van der Waals surface area contributed by atoms with E-state index in [4.69, 9.17) is 5.73 Å². The zero-order valence-electron chi connectivity index (χ0n) is 7.96. The van der Waals surface area contributed by atoms with Gasteiger partial charge in [0, 0.05) is 12.6 Å². The van der Waals surface area contributed by atoms with Gasteiger partial charge in [0.05, 0.1) is 5.69 Å². The molecule has 82 valence electrons. The van der Waals surface area contributed by atoms with Gasteiger partial charge in [-0.25, -0.2) is 0 Å². The number of anilines is 1. The maximum Gasteiger partial charge on any atom is 0.387 e. The molecule has 1 aromatic carbocycles. The van der Waals surface area contributed by atoms with Crippen molar-refractivity contribution in [3.8, 4) is 5.75 Å². The Balaban J connectivity index is 2.99. The van der Waals surface area contributed by atoms with E-state index in [0.29, 0.717) is 0 Å². The number of nitrogens with two attached hydrogens (primary N) is 1. The number of alkyl halides is 2. The van der Waals surface area contributed by atoms with E-state index >= 15 is 0 Å². The molecule has 0 unspecified atom stereocenters. The molecule has 3 N–H and O–H groups in total. The van der Waals surface area contributed by atoms with Crippen LogP contribution in [0.15, 0.2) is 18.2 Å². The lowest BCUT2D eigenvalue weighted by atomic mass is 10.2. The molecule has 6 heteroatoms. The van der Waals surface area contributed by atoms with Crippen molar-refractivity contribution in [1.82, 2.24) is 5.32 Å². The first-order chi connectivity index (χ1) is 7.04. The smallest absolute Gasteiger partial charge is 0.387 e. The Morgan fingerprint density at radius 3 is 2.73 bits per heavy atom. The van der Waals surface area contributed by atoms with Gasteiger partial charge in [-0.15, -0.1) is 0 Å². The molecular formula is C9H10F2N2O2. The SMILES string of the molecule is CNC(=O)c1ccc(N)c(OC(F)F)c1. The highest BCUT2D eigenvalue weighted by atomic mass is 19.3. The second-order valence-electron chi connectivity index (χ2n) is 2.71. The molecule has 0 aliphatic rings. The van der Waals surface area contributed by atoms with Crippen molar-refractivity contribution in [2.45, 2.75) is 6.61 Å². The third kappa shape index (κ3) is 2.80. The molecule has 1 amide bonds. The number of benzene rings is 1. The van der Waals surface area contributed by atoms with Crippen LogP contribution in [0.25, 0.3) is 0 Å². The zero-order valence-corrected chi connectivity index (χ0v) is 7.96. The average molecular weight is 216 g/mol. The van der Waals surface area contributed by atoms with E-state index in [1.165, 1.54) is 25.2 Å². The summed E-state index contributed by atoms with van der Waals surface area (Å²) in [5, 5.41) is 2.36. The third-order valence-electron chi connectivity index (χ3n) is 1.72.